The Bertz CT molecular complexity index is 578. The number of halogens is 2. The van der Waals surface area contributed by atoms with Gasteiger partial charge >= 0.3 is 121 Å². The maximum atomic E-state index is 6.23. The van der Waals surface area contributed by atoms with Crippen molar-refractivity contribution >= 4 is 29.1 Å². The van der Waals surface area contributed by atoms with Gasteiger partial charge in [-0.1, -0.05) is 0 Å². The van der Waals surface area contributed by atoms with Gasteiger partial charge in [0.15, 0.2) is 0 Å². The number of allylic oxidation sites excluding steroid dienone is 6. The summed E-state index contributed by atoms with van der Waals surface area (Å²) < 4.78 is 1.24. The van der Waals surface area contributed by atoms with E-state index in [2.05, 4.69) is 54.6 Å². The van der Waals surface area contributed by atoms with Crippen LogP contribution in [0, 0.1) is 11.8 Å². The summed E-state index contributed by atoms with van der Waals surface area (Å²) in [5, 5.41) is 0. The fraction of sp³-hybridized carbons (Fsp3) is 0.133. The van der Waals surface area contributed by atoms with Crippen LogP contribution in [0.25, 0.3) is 5.57 Å². The van der Waals surface area contributed by atoms with Crippen molar-refractivity contribution in [3.63, 3.8) is 0 Å². The normalized spacial score (nSPS) is 26.0. The zero-order valence-corrected chi connectivity index (χ0v) is 12.8. The SMILES string of the molecule is [Cl][Ru]([Cl])=[C]1C=C(c2ccccc2)C2C=CC=CC12. The van der Waals surface area contributed by atoms with Crippen LogP contribution >= 0.6 is 19.4 Å². The van der Waals surface area contributed by atoms with Crippen LogP contribution in [0.4, 0.5) is 0 Å². The Morgan fingerprint density at radius 3 is 2.22 bits per heavy atom. The summed E-state index contributed by atoms with van der Waals surface area (Å²) in [4.78, 5) is 0. The van der Waals surface area contributed by atoms with Crippen molar-refractivity contribution < 1.29 is 13.5 Å². The molecule has 0 spiro atoms. The molecule has 0 fully saturated rings. The van der Waals surface area contributed by atoms with E-state index in [0.29, 0.717) is 11.8 Å². The molecule has 0 radical (unpaired) electrons. The van der Waals surface area contributed by atoms with E-state index in [-0.39, 0.29) is 0 Å². The second-order valence-corrected chi connectivity index (χ2v) is 10.2. The van der Waals surface area contributed by atoms with Crippen molar-refractivity contribution in [3.8, 4) is 0 Å². The zero-order valence-electron chi connectivity index (χ0n) is 9.54. The van der Waals surface area contributed by atoms with Gasteiger partial charge in [0.2, 0.25) is 0 Å². The van der Waals surface area contributed by atoms with E-state index in [4.69, 9.17) is 19.4 Å². The van der Waals surface area contributed by atoms with Gasteiger partial charge in [-0.3, -0.25) is 0 Å². The predicted octanol–water partition coefficient (Wildman–Crippen LogP) is 4.54. The van der Waals surface area contributed by atoms with E-state index in [0.717, 1.165) is 0 Å². The van der Waals surface area contributed by atoms with Crippen LogP contribution in [0.5, 0.6) is 0 Å². The van der Waals surface area contributed by atoms with E-state index < -0.39 is 13.5 Å². The Morgan fingerprint density at radius 1 is 0.889 bits per heavy atom. The standard InChI is InChI=1S/C15H12.2ClH.Ru/c1-2-6-12(7-3-1)15-11-10-13-8-4-5-9-14(13)15;;;/h1-9,11,13-14H;2*1H;/q;;;+2/p-2. The molecule has 0 aromatic heterocycles. The van der Waals surface area contributed by atoms with E-state index in [1.165, 1.54) is 15.2 Å². The topological polar surface area (TPSA) is 0 Å². The second-order valence-electron chi connectivity index (χ2n) is 4.34. The van der Waals surface area contributed by atoms with E-state index in [1.807, 2.05) is 6.07 Å². The molecule has 0 amide bonds. The number of hydrogen-bond donors (Lipinski definition) is 0. The van der Waals surface area contributed by atoms with Crippen LogP contribution in [0.1, 0.15) is 5.56 Å². The van der Waals surface area contributed by atoms with Crippen LogP contribution in [0.3, 0.4) is 0 Å². The van der Waals surface area contributed by atoms with Crippen LogP contribution in [0.2, 0.25) is 0 Å². The molecule has 1 aromatic carbocycles. The molecule has 0 heterocycles. The monoisotopic (exact) mass is 364 g/mol. The third kappa shape index (κ3) is 2.20. The molecular weight excluding hydrogens is 352 g/mol. The number of hydrogen-bond acceptors (Lipinski definition) is 0. The summed E-state index contributed by atoms with van der Waals surface area (Å²) in [6.07, 6.45) is 10.9. The average molecular weight is 364 g/mol. The Hall–Kier alpha value is -0.487. The van der Waals surface area contributed by atoms with E-state index >= 15 is 0 Å². The minimum absolute atomic E-state index is 0.374. The summed E-state index contributed by atoms with van der Waals surface area (Å²) in [6.45, 7) is 0. The van der Waals surface area contributed by atoms with Gasteiger partial charge in [-0.2, -0.15) is 0 Å². The summed E-state index contributed by atoms with van der Waals surface area (Å²) >= 11 is -1.82. The molecule has 0 N–H and O–H groups in total. The predicted molar refractivity (Wildman–Crippen MR) is 76.4 cm³/mol. The van der Waals surface area contributed by atoms with Gasteiger partial charge in [0, 0.05) is 0 Å². The third-order valence-corrected chi connectivity index (χ3v) is 6.77. The summed E-state index contributed by atoms with van der Waals surface area (Å²) in [5.41, 5.74) is 2.61. The summed E-state index contributed by atoms with van der Waals surface area (Å²) in [6, 6.07) is 10.5. The quantitative estimate of drug-likeness (QED) is 0.642. The molecule has 1 aromatic rings. The van der Waals surface area contributed by atoms with Gasteiger partial charge in [0.25, 0.3) is 0 Å². The van der Waals surface area contributed by atoms with Gasteiger partial charge in [-0.05, 0) is 0 Å². The molecule has 18 heavy (non-hydrogen) atoms. The fourth-order valence-corrected chi connectivity index (χ4v) is 5.42. The van der Waals surface area contributed by atoms with Crippen LogP contribution in [0.15, 0.2) is 60.7 Å². The van der Waals surface area contributed by atoms with E-state index in [1.54, 1.807) is 0 Å². The Balaban J connectivity index is 2.10. The number of benzene rings is 1. The van der Waals surface area contributed by atoms with Gasteiger partial charge in [-0.25, -0.2) is 0 Å². The van der Waals surface area contributed by atoms with Crippen molar-refractivity contribution in [3.05, 3.63) is 66.3 Å². The Morgan fingerprint density at radius 2 is 1.56 bits per heavy atom. The molecule has 94 valence electrons. The fourth-order valence-electron chi connectivity index (χ4n) is 2.53. The first-order valence-corrected chi connectivity index (χ1v) is 11.1. The van der Waals surface area contributed by atoms with Crippen LogP contribution in [-0.2, 0) is 13.5 Å². The molecule has 0 aliphatic heterocycles. The zero-order chi connectivity index (χ0) is 12.5. The summed E-state index contributed by atoms with van der Waals surface area (Å²) in [7, 11) is 12.5. The Kier molecular flexibility index (Phi) is 3.66. The molecule has 3 rings (SSSR count). The molecule has 3 heteroatoms. The summed E-state index contributed by atoms with van der Waals surface area (Å²) in [5.74, 6) is 0.778. The van der Waals surface area contributed by atoms with E-state index in [9.17, 15) is 0 Å². The van der Waals surface area contributed by atoms with Crippen molar-refractivity contribution in [2.24, 2.45) is 11.8 Å². The minimum atomic E-state index is -1.82. The van der Waals surface area contributed by atoms with Crippen molar-refractivity contribution in [2.45, 2.75) is 0 Å². The van der Waals surface area contributed by atoms with Gasteiger partial charge < -0.3 is 0 Å². The molecule has 0 nitrogen and oxygen atoms in total. The van der Waals surface area contributed by atoms with Gasteiger partial charge in [-0.15, -0.1) is 0 Å². The Labute approximate surface area is 120 Å². The number of fused-ring (bicyclic) bond motifs is 1. The van der Waals surface area contributed by atoms with Gasteiger partial charge in [0.05, 0.1) is 0 Å². The molecule has 0 bridgehead atoms. The van der Waals surface area contributed by atoms with Crippen molar-refractivity contribution in [2.75, 3.05) is 0 Å². The van der Waals surface area contributed by atoms with Crippen molar-refractivity contribution in [1.82, 2.24) is 0 Å². The molecular formula is C15H12Cl2Ru. The average Bonchev–Trinajstić information content (AvgIpc) is 2.79. The number of rotatable bonds is 1. The first-order valence-electron chi connectivity index (χ1n) is 5.76. The third-order valence-electron chi connectivity index (χ3n) is 3.36. The van der Waals surface area contributed by atoms with Crippen LogP contribution in [-0.4, -0.2) is 4.11 Å². The molecule has 0 saturated carbocycles. The molecule has 2 atom stereocenters. The molecule has 2 unspecified atom stereocenters. The first kappa shape index (κ1) is 12.5. The first-order chi connectivity index (χ1) is 8.77. The van der Waals surface area contributed by atoms with Crippen LogP contribution < -0.4 is 0 Å². The second kappa shape index (κ2) is 5.25. The molecule has 2 aliphatic carbocycles. The molecule has 2 aliphatic rings. The van der Waals surface area contributed by atoms with Gasteiger partial charge in [0.1, 0.15) is 0 Å². The maximum absolute atomic E-state index is 6.23. The molecule has 0 saturated heterocycles. The van der Waals surface area contributed by atoms with Crippen molar-refractivity contribution in [1.29, 1.82) is 0 Å².